The van der Waals surface area contributed by atoms with Crippen LogP contribution in [-0.4, -0.2) is 22.6 Å². The molecule has 0 aliphatic heterocycles. The quantitative estimate of drug-likeness (QED) is 0.814. The number of nitrogens with zero attached hydrogens (tertiary/aromatic N) is 1. The Hall–Kier alpha value is -0.200. The van der Waals surface area contributed by atoms with Crippen LogP contribution < -0.4 is 5.32 Å². The average Bonchev–Trinajstić information content (AvgIpc) is 2.29. The van der Waals surface area contributed by atoms with Gasteiger partial charge >= 0.3 is 0 Å². The highest BCUT2D eigenvalue weighted by molar-refractivity contribution is 8.00. The molecule has 1 aliphatic rings. The van der Waals surface area contributed by atoms with Crippen molar-refractivity contribution in [3.8, 4) is 6.07 Å². The second kappa shape index (κ2) is 6.66. The third-order valence-electron chi connectivity index (χ3n) is 3.78. The van der Waals surface area contributed by atoms with Gasteiger partial charge in [0.05, 0.1) is 6.07 Å². The van der Waals surface area contributed by atoms with Crippen molar-refractivity contribution in [3.63, 3.8) is 0 Å². The highest BCUT2D eigenvalue weighted by Crippen LogP contribution is 2.37. The van der Waals surface area contributed by atoms with Crippen molar-refractivity contribution >= 4 is 11.8 Å². The van der Waals surface area contributed by atoms with Gasteiger partial charge in [-0.3, -0.25) is 5.32 Å². The maximum Gasteiger partial charge on any atom is 0.107 e. The number of hydrogen-bond acceptors (Lipinski definition) is 3. The highest BCUT2D eigenvalue weighted by atomic mass is 32.2. The van der Waals surface area contributed by atoms with Gasteiger partial charge in [0.15, 0.2) is 0 Å². The summed E-state index contributed by atoms with van der Waals surface area (Å²) in [4.78, 5) is 0. The summed E-state index contributed by atoms with van der Waals surface area (Å²) in [5, 5.41) is 14.2. The maximum absolute atomic E-state index is 9.41. The molecular weight excluding hydrogens is 228 g/mol. The molecule has 1 fully saturated rings. The fourth-order valence-corrected chi connectivity index (χ4v) is 4.05. The van der Waals surface area contributed by atoms with Crippen LogP contribution in [0.4, 0.5) is 0 Å². The summed E-state index contributed by atoms with van der Waals surface area (Å²) in [6.45, 7) is 9.85. The van der Waals surface area contributed by atoms with Gasteiger partial charge in [-0.2, -0.15) is 17.0 Å². The topological polar surface area (TPSA) is 35.8 Å². The Kier molecular flexibility index (Phi) is 5.82. The van der Waals surface area contributed by atoms with Crippen molar-refractivity contribution in [2.75, 3.05) is 6.54 Å². The summed E-state index contributed by atoms with van der Waals surface area (Å²) in [6.07, 6.45) is 4.49. The van der Waals surface area contributed by atoms with Crippen molar-refractivity contribution < 1.29 is 0 Å². The molecule has 1 N–H and O–H groups in total. The predicted octanol–water partition coefficient (Wildman–Crippen LogP) is 3.58. The third kappa shape index (κ3) is 4.19. The van der Waals surface area contributed by atoms with Gasteiger partial charge in [-0.1, -0.05) is 27.7 Å². The number of thioether (sulfide) groups is 1. The maximum atomic E-state index is 9.41. The second-order valence-electron chi connectivity index (χ2n) is 5.53. The molecule has 0 aromatic carbocycles. The third-order valence-corrected chi connectivity index (χ3v) is 5.54. The molecule has 1 aliphatic carbocycles. The molecule has 0 aromatic heterocycles. The molecule has 0 spiro atoms. The van der Waals surface area contributed by atoms with E-state index in [1.807, 2.05) is 0 Å². The largest absolute Gasteiger partial charge is 0.300 e. The molecule has 0 heterocycles. The van der Waals surface area contributed by atoms with E-state index >= 15 is 0 Å². The van der Waals surface area contributed by atoms with Crippen molar-refractivity contribution in [1.29, 1.82) is 5.26 Å². The van der Waals surface area contributed by atoms with Crippen LogP contribution in [0.25, 0.3) is 0 Å². The van der Waals surface area contributed by atoms with Gasteiger partial charge < -0.3 is 0 Å². The van der Waals surface area contributed by atoms with E-state index in [-0.39, 0.29) is 5.54 Å². The molecule has 98 valence electrons. The molecule has 3 heteroatoms. The van der Waals surface area contributed by atoms with Gasteiger partial charge in [0, 0.05) is 10.5 Å². The smallest absolute Gasteiger partial charge is 0.107 e. The van der Waals surface area contributed by atoms with Crippen molar-refractivity contribution in [2.45, 2.75) is 69.4 Å². The lowest BCUT2D eigenvalue weighted by molar-refractivity contribution is 0.309. The molecular formula is C14H26N2S. The van der Waals surface area contributed by atoms with Crippen LogP contribution in [0.15, 0.2) is 0 Å². The molecule has 0 radical (unpaired) electrons. The second-order valence-corrected chi connectivity index (χ2v) is 7.21. The van der Waals surface area contributed by atoms with Gasteiger partial charge in [-0.15, -0.1) is 0 Å². The summed E-state index contributed by atoms with van der Waals surface area (Å²) >= 11 is 2.08. The Bertz CT molecular complexity index is 268. The molecule has 0 saturated heterocycles. The molecule has 1 rings (SSSR count). The fourth-order valence-electron chi connectivity index (χ4n) is 2.44. The van der Waals surface area contributed by atoms with E-state index in [1.165, 1.54) is 12.8 Å². The Morgan fingerprint density at radius 2 is 2.18 bits per heavy atom. The minimum Gasteiger partial charge on any atom is -0.300 e. The van der Waals surface area contributed by atoms with Gasteiger partial charge in [0.1, 0.15) is 5.54 Å². The van der Waals surface area contributed by atoms with Gasteiger partial charge in [0.2, 0.25) is 0 Å². The normalized spacial score (nSPS) is 31.2. The molecule has 0 bridgehead atoms. The zero-order valence-electron chi connectivity index (χ0n) is 11.6. The molecule has 3 atom stereocenters. The van der Waals surface area contributed by atoms with Crippen molar-refractivity contribution in [2.24, 2.45) is 5.92 Å². The Balaban J connectivity index is 2.57. The van der Waals surface area contributed by atoms with Gasteiger partial charge in [-0.25, -0.2) is 0 Å². The number of hydrogen-bond donors (Lipinski definition) is 1. The Labute approximate surface area is 111 Å². The Morgan fingerprint density at radius 3 is 2.71 bits per heavy atom. The van der Waals surface area contributed by atoms with Crippen LogP contribution in [0.2, 0.25) is 0 Å². The van der Waals surface area contributed by atoms with Crippen LogP contribution in [-0.2, 0) is 0 Å². The number of nitriles is 1. The minimum atomic E-state index is -0.249. The van der Waals surface area contributed by atoms with Crippen molar-refractivity contribution in [3.05, 3.63) is 0 Å². The SMILES string of the molecule is CCNC1(C#N)CCCC(SC(C)C(C)C)C1. The summed E-state index contributed by atoms with van der Waals surface area (Å²) in [7, 11) is 0. The first kappa shape index (κ1) is 14.9. The van der Waals surface area contributed by atoms with E-state index < -0.39 is 0 Å². The minimum absolute atomic E-state index is 0.249. The molecule has 1 saturated carbocycles. The van der Waals surface area contributed by atoms with E-state index in [0.717, 1.165) is 25.3 Å². The van der Waals surface area contributed by atoms with Crippen LogP contribution in [0, 0.1) is 17.2 Å². The van der Waals surface area contributed by atoms with E-state index in [0.29, 0.717) is 10.5 Å². The zero-order valence-corrected chi connectivity index (χ0v) is 12.4. The summed E-state index contributed by atoms with van der Waals surface area (Å²) in [6, 6.07) is 2.53. The predicted molar refractivity (Wildman–Crippen MR) is 76.2 cm³/mol. The lowest BCUT2D eigenvalue weighted by Gasteiger charge is -2.37. The van der Waals surface area contributed by atoms with Crippen LogP contribution in [0.3, 0.4) is 0 Å². The van der Waals surface area contributed by atoms with E-state index in [1.54, 1.807) is 0 Å². The summed E-state index contributed by atoms with van der Waals surface area (Å²) < 4.78 is 0. The molecule has 3 unspecified atom stereocenters. The molecule has 0 aromatic rings. The molecule has 17 heavy (non-hydrogen) atoms. The molecule has 0 amide bonds. The zero-order chi connectivity index (χ0) is 12.9. The fraction of sp³-hybridized carbons (Fsp3) is 0.929. The lowest BCUT2D eigenvalue weighted by atomic mass is 9.82. The van der Waals surface area contributed by atoms with E-state index in [2.05, 4.69) is 50.8 Å². The highest BCUT2D eigenvalue weighted by Gasteiger charge is 2.36. The Morgan fingerprint density at radius 1 is 1.47 bits per heavy atom. The van der Waals surface area contributed by atoms with E-state index in [9.17, 15) is 5.26 Å². The summed E-state index contributed by atoms with van der Waals surface area (Å²) in [5.41, 5.74) is -0.249. The first-order chi connectivity index (χ1) is 8.03. The first-order valence-electron chi connectivity index (χ1n) is 6.84. The van der Waals surface area contributed by atoms with Crippen LogP contribution in [0.5, 0.6) is 0 Å². The number of nitrogens with one attached hydrogen (secondary N) is 1. The summed E-state index contributed by atoms with van der Waals surface area (Å²) in [5.74, 6) is 0.720. The standard InChI is InChI=1S/C14H26N2S/c1-5-16-14(10-15)8-6-7-13(9-14)17-12(4)11(2)3/h11-13,16H,5-9H2,1-4H3. The van der Waals surface area contributed by atoms with Gasteiger partial charge in [0.25, 0.3) is 0 Å². The van der Waals surface area contributed by atoms with E-state index in [4.69, 9.17) is 0 Å². The molecule has 2 nitrogen and oxygen atoms in total. The average molecular weight is 254 g/mol. The van der Waals surface area contributed by atoms with Crippen molar-refractivity contribution in [1.82, 2.24) is 5.32 Å². The lowest BCUT2D eigenvalue weighted by Crippen LogP contribution is -2.48. The number of rotatable bonds is 5. The van der Waals surface area contributed by atoms with Crippen LogP contribution in [0.1, 0.15) is 53.4 Å². The monoisotopic (exact) mass is 254 g/mol. The van der Waals surface area contributed by atoms with Crippen LogP contribution >= 0.6 is 11.8 Å². The van der Waals surface area contributed by atoms with Gasteiger partial charge in [-0.05, 0) is 38.1 Å². The first-order valence-corrected chi connectivity index (χ1v) is 7.79.